The van der Waals surface area contributed by atoms with Gasteiger partial charge in [0, 0.05) is 19.9 Å². The summed E-state index contributed by atoms with van der Waals surface area (Å²) < 4.78 is 1.95. The highest BCUT2D eigenvalue weighted by Gasteiger charge is 2.08. The Morgan fingerprint density at radius 3 is 2.92 bits per heavy atom. The van der Waals surface area contributed by atoms with E-state index in [1.807, 2.05) is 11.4 Å². The fourth-order valence-electron chi connectivity index (χ4n) is 1.17. The van der Waals surface area contributed by atoms with E-state index in [1.165, 1.54) is 11.3 Å². The SMILES string of the molecule is O=Cc1c(Cl)ccc2c(Br)csc12. The Kier molecular flexibility index (Phi) is 2.41. The highest BCUT2D eigenvalue weighted by molar-refractivity contribution is 9.10. The van der Waals surface area contributed by atoms with Gasteiger partial charge in [0.2, 0.25) is 0 Å². The van der Waals surface area contributed by atoms with Crippen molar-refractivity contribution in [3.05, 3.63) is 32.6 Å². The fraction of sp³-hybridized carbons (Fsp3) is 0. The molecule has 0 saturated carbocycles. The van der Waals surface area contributed by atoms with E-state index in [0.29, 0.717) is 10.6 Å². The number of fused-ring (bicyclic) bond motifs is 1. The van der Waals surface area contributed by atoms with Crippen molar-refractivity contribution >= 4 is 55.2 Å². The van der Waals surface area contributed by atoms with Gasteiger partial charge in [-0.3, -0.25) is 4.79 Å². The van der Waals surface area contributed by atoms with Gasteiger partial charge in [-0.05, 0) is 22.0 Å². The molecule has 0 aliphatic carbocycles. The normalized spacial score (nSPS) is 10.6. The molecule has 0 aliphatic heterocycles. The summed E-state index contributed by atoms with van der Waals surface area (Å²) in [5, 5.41) is 3.50. The van der Waals surface area contributed by atoms with Crippen LogP contribution in [0.1, 0.15) is 10.4 Å². The lowest BCUT2D eigenvalue weighted by Gasteiger charge is -1.97. The van der Waals surface area contributed by atoms with Crippen LogP contribution in [0.25, 0.3) is 10.1 Å². The van der Waals surface area contributed by atoms with Crippen molar-refractivity contribution in [3.8, 4) is 0 Å². The predicted octanol–water partition coefficient (Wildman–Crippen LogP) is 4.13. The largest absolute Gasteiger partial charge is 0.298 e. The minimum absolute atomic E-state index is 0.511. The van der Waals surface area contributed by atoms with Crippen LogP contribution in [0.4, 0.5) is 0 Å². The molecule has 0 N–H and O–H groups in total. The third kappa shape index (κ3) is 1.41. The van der Waals surface area contributed by atoms with Gasteiger partial charge in [-0.2, -0.15) is 0 Å². The Morgan fingerprint density at radius 2 is 2.23 bits per heavy atom. The molecule has 0 radical (unpaired) electrons. The molecule has 66 valence electrons. The predicted molar refractivity (Wildman–Crippen MR) is 59.9 cm³/mol. The summed E-state index contributed by atoms with van der Waals surface area (Å²) in [5.41, 5.74) is 0.579. The average molecular weight is 276 g/mol. The van der Waals surface area contributed by atoms with Gasteiger partial charge < -0.3 is 0 Å². The van der Waals surface area contributed by atoms with Crippen LogP contribution in [0.3, 0.4) is 0 Å². The first kappa shape index (κ1) is 9.19. The average Bonchev–Trinajstić information content (AvgIpc) is 2.48. The second-order valence-electron chi connectivity index (χ2n) is 2.54. The molecule has 1 nitrogen and oxygen atoms in total. The zero-order valence-electron chi connectivity index (χ0n) is 6.38. The van der Waals surface area contributed by atoms with Crippen LogP contribution in [-0.2, 0) is 0 Å². The van der Waals surface area contributed by atoms with Gasteiger partial charge in [0.25, 0.3) is 0 Å². The molecule has 0 fully saturated rings. The van der Waals surface area contributed by atoms with E-state index >= 15 is 0 Å². The van der Waals surface area contributed by atoms with Crippen molar-refractivity contribution in [3.63, 3.8) is 0 Å². The number of hydrogen-bond donors (Lipinski definition) is 0. The quantitative estimate of drug-likeness (QED) is 0.715. The van der Waals surface area contributed by atoms with Crippen LogP contribution < -0.4 is 0 Å². The molecule has 0 bridgehead atoms. The van der Waals surface area contributed by atoms with Crippen LogP contribution in [0.15, 0.2) is 22.0 Å². The van der Waals surface area contributed by atoms with E-state index < -0.39 is 0 Å². The highest BCUT2D eigenvalue weighted by Crippen LogP contribution is 2.34. The zero-order valence-corrected chi connectivity index (χ0v) is 9.54. The summed E-state index contributed by atoms with van der Waals surface area (Å²) in [6, 6.07) is 3.65. The summed E-state index contributed by atoms with van der Waals surface area (Å²) in [4.78, 5) is 10.8. The van der Waals surface area contributed by atoms with Gasteiger partial charge in [0.05, 0.1) is 10.6 Å². The molecule has 2 aromatic rings. The molecule has 2 rings (SSSR count). The first-order chi connectivity index (χ1) is 6.24. The minimum Gasteiger partial charge on any atom is -0.298 e. The monoisotopic (exact) mass is 274 g/mol. The van der Waals surface area contributed by atoms with Gasteiger partial charge in [-0.1, -0.05) is 17.7 Å². The standard InChI is InChI=1S/C9H4BrClOS/c10-7-4-13-9-5(7)1-2-8(11)6(9)3-12/h1-4H. The maximum Gasteiger partial charge on any atom is 0.152 e. The Hall–Kier alpha value is -0.380. The maximum absolute atomic E-state index is 10.8. The van der Waals surface area contributed by atoms with Crippen LogP contribution >= 0.6 is 38.9 Å². The molecule has 4 heteroatoms. The lowest BCUT2D eigenvalue weighted by atomic mass is 10.2. The molecule has 13 heavy (non-hydrogen) atoms. The van der Waals surface area contributed by atoms with Gasteiger partial charge in [0.1, 0.15) is 0 Å². The molecule has 0 atom stereocenters. The van der Waals surface area contributed by atoms with Crippen molar-refractivity contribution in [2.75, 3.05) is 0 Å². The summed E-state index contributed by atoms with van der Waals surface area (Å²) in [7, 11) is 0. The smallest absolute Gasteiger partial charge is 0.152 e. The number of thiophene rings is 1. The van der Waals surface area contributed by atoms with Crippen molar-refractivity contribution in [1.82, 2.24) is 0 Å². The van der Waals surface area contributed by atoms with Crippen molar-refractivity contribution in [2.24, 2.45) is 0 Å². The summed E-state index contributed by atoms with van der Waals surface area (Å²) >= 11 is 10.8. The van der Waals surface area contributed by atoms with Crippen LogP contribution in [-0.4, -0.2) is 6.29 Å². The summed E-state index contributed by atoms with van der Waals surface area (Å²) in [6.07, 6.45) is 0.799. The van der Waals surface area contributed by atoms with Crippen molar-refractivity contribution in [1.29, 1.82) is 0 Å². The Morgan fingerprint density at radius 1 is 1.46 bits per heavy atom. The van der Waals surface area contributed by atoms with Gasteiger partial charge in [-0.25, -0.2) is 0 Å². The van der Waals surface area contributed by atoms with Crippen molar-refractivity contribution < 1.29 is 4.79 Å². The second-order valence-corrected chi connectivity index (χ2v) is 4.68. The lowest BCUT2D eigenvalue weighted by Crippen LogP contribution is -1.81. The van der Waals surface area contributed by atoms with E-state index in [2.05, 4.69) is 15.9 Å². The van der Waals surface area contributed by atoms with Gasteiger partial charge >= 0.3 is 0 Å². The highest BCUT2D eigenvalue weighted by atomic mass is 79.9. The molecule has 0 amide bonds. The molecule has 0 unspecified atom stereocenters. The topological polar surface area (TPSA) is 17.1 Å². The number of halogens is 2. The van der Waals surface area contributed by atoms with Crippen LogP contribution in [0.2, 0.25) is 5.02 Å². The minimum atomic E-state index is 0.511. The Bertz CT molecular complexity index is 478. The van der Waals surface area contributed by atoms with E-state index in [-0.39, 0.29) is 0 Å². The lowest BCUT2D eigenvalue weighted by molar-refractivity contribution is 0.112. The number of rotatable bonds is 1. The Labute approximate surface area is 92.5 Å². The third-order valence-electron chi connectivity index (χ3n) is 1.80. The molecule has 0 spiro atoms. The molecule has 0 saturated heterocycles. The number of carbonyl (C=O) groups is 1. The van der Waals surface area contributed by atoms with E-state index in [0.717, 1.165) is 20.8 Å². The third-order valence-corrected chi connectivity index (χ3v) is 4.12. The molecule has 1 aromatic heterocycles. The van der Waals surface area contributed by atoms with E-state index in [1.54, 1.807) is 6.07 Å². The van der Waals surface area contributed by atoms with Crippen LogP contribution in [0.5, 0.6) is 0 Å². The zero-order chi connectivity index (χ0) is 9.42. The van der Waals surface area contributed by atoms with Crippen molar-refractivity contribution in [2.45, 2.75) is 0 Å². The molecule has 1 aromatic carbocycles. The Balaban J connectivity index is 2.92. The molecule has 1 heterocycles. The fourth-order valence-corrected chi connectivity index (χ4v) is 3.11. The maximum atomic E-state index is 10.8. The first-order valence-corrected chi connectivity index (χ1v) is 5.59. The summed E-state index contributed by atoms with van der Waals surface area (Å²) in [5.74, 6) is 0. The molecule has 0 aliphatic rings. The molecular formula is C9H4BrClOS. The van der Waals surface area contributed by atoms with Gasteiger partial charge in [0.15, 0.2) is 6.29 Å². The summed E-state index contributed by atoms with van der Waals surface area (Å²) in [6.45, 7) is 0. The number of aldehydes is 1. The van der Waals surface area contributed by atoms with E-state index in [4.69, 9.17) is 11.6 Å². The first-order valence-electron chi connectivity index (χ1n) is 3.54. The number of benzene rings is 1. The number of carbonyl (C=O) groups excluding carboxylic acids is 1. The van der Waals surface area contributed by atoms with Crippen LogP contribution in [0, 0.1) is 0 Å². The van der Waals surface area contributed by atoms with Gasteiger partial charge in [-0.15, -0.1) is 11.3 Å². The molecular weight excluding hydrogens is 272 g/mol. The second kappa shape index (κ2) is 3.40. The van der Waals surface area contributed by atoms with E-state index in [9.17, 15) is 4.79 Å². The number of hydrogen-bond acceptors (Lipinski definition) is 2.